The average Bonchev–Trinajstić information content (AvgIpc) is 3.00. The normalized spacial score (nSPS) is 13.7. The van der Waals surface area contributed by atoms with Crippen molar-refractivity contribution in [3.05, 3.63) is 70.3 Å². The highest BCUT2D eigenvalue weighted by Crippen LogP contribution is 2.17. The number of halogens is 1. The molecule has 24 heavy (non-hydrogen) atoms. The van der Waals surface area contributed by atoms with Crippen molar-refractivity contribution in [1.82, 2.24) is 10.6 Å². The van der Waals surface area contributed by atoms with Gasteiger partial charge in [0.05, 0.1) is 0 Å². The molecular formula is C18H21ClN2O2S. The summed E-state index contributed by atoms with van der Waals surface area (Å²) in [6, 6.07) is 13.6. The zero-order chi connectivity index (χ0) is 16.2. The molecule has 3 rings (SSSR count). The summed E-state index contributed by atoms with van der Waals surface area (Å²) in [5.74, 6) is 0.367. The predicted molar refractivity (Wildman–Crippen MR) is 99.6 cm³/mol. The van der Waals surface area contributed by atoms with E-state index in [1.165, 1.54) is 11.1 Å². The van der Waals surface area contributed by atoms with Crippen LogP contribution in [0.3, 0.4) is 0 Å². The first-order chi connectivity index (χ1) is 11.1. The molecule has 1 amide bonds. The van der Waals surface area contributed by atoms with Gasteiger partial charge in [0.2, 0.25) is 0 Å². The van der Waals surface area contributed by atoms with Gasteiger partial charge in [-0.2, -0.15) is 0 Å². The molecule has 0 bridgehead atoms. The van der Waals surface area contributed by atoms with Gasteiger partial charge in [0.1, 0.15) is 0 Å². The van der Waals surface area contributed by atoms with E-state index in [-0.39, 0.29) is 18.3 Å². The Morgan fingerprint density at radius 1 is 1.12 bits per heavy atom. The largest absolute Gasteiger partial charge is 0.348 e. The molecule has 0 spiro atoms. The summed E-state index contributed by atoms with van der Waals surface area (Å²) in [6.07, 6.45) is 1.66. The quantitative estimate of drug-likeness (QED) is 0.857. The number of benzene rings is 2. The number of nitrogens with one attached hydrogen (secondary N) is 2. The molecule has 2 aromatic rings. The minimum Gasteiger partial charge on any atom is -0.348 e. The van der Waals surface area contributed by atoms with Crippen molar-refractivity contribution < 1.29 is 9.00 Å². The van der Waals surface area contributed by atoms with Crippen LogP contribution in [0, 0.1) is 0 Å². The fourth-order valence-corrected chi connectivity index (χ4v) is 3.43. The van der Waals surface area contributed by atoms with Crippen molar-refractivity contribution in [2.75, 3.05) is 6.26 Å². The van der Waals surface area contributed by atoms with Crippen molar-refractivity contribution in [3.8, 4) is 0 Å². The van der Waals surface area contributed by atoms with Crippen LogP contribution in [0.4, 0.5) is 0 Å². The molecule has 4 nitrogen and oxygen atoms in total. The zero-order valence-corrected chi connectivity index (χ0v) is 15.1. The third-order valence-corrected chi connectivity index (χ3v) is 4.65. The first-order valence-corrected chi connectivity index (χ1v) is 9.33. The second-order valence-electron chi connectivity index (χ2n) is 5.81. The molecule has 1 heterocycles. The molecular weight excluding hydrogens is 344 g/mol. The second-order valence-corrected chi connectivity index (χ2v) is 7.24. The Kier molecular flexibility index (Phi) is 6.54. The maximum Gasteiger partial charge on any atom is 0.251 e. The summed E-state index contributed by atoms with van der Waals surface area (Å²) in [7, 11) is -0.909. The van der Waals surface area contributed by atoms with E-state index in [1.54, 1.807) is 12.3 Å². The van der Waals surface area contributed by atoms with E-state index in [0.717, 1.165) is 24.2 Å². The molecule has 0 aromatic heterocycles. The van der Waals surface area contributed by atoms with Gasteiger partial charge in [-0.15, -0.1) is 12.4 Å². The van der Waals surface area contributed by atoms with Gasteiger partial charge < -0.3 is 10.6 Å². The van der Waals surface area contributed by atoms with Gasteiger partial charge in [-0.1, -0.05) is 30.3 Å². The maximum atomic E-state index is 12.3. The van der Waals surface area contributed by atoms with Gasteiger partial charge >= 0.3 is 0 Å². The Balaban J connectivity index is 0.00000208. The van der Waals surface area contributed by atoms with Gasteiger partial charge in [-0.05, 0) is 34.4 Å². The van der Waals surface area contributed by atoms with Crippen LogP contribution in [-0.4, -0.2) is 16.4 Å². The van der Waals surface area contributed by atoms with Crippen molar-refractivity contribution >= 4 is 29.1 Å². The molecule has 1 unspecified atom stereocenters. The lowest BCUT2D eigenvalue weighted by atomic mass is 10.1. The molecule has 128 valence electrons. The highest BCUT2D eigenvalue weighted by atomic mass is 35.5. The molecule has 0 radical (unpaired) electrons. The predicted octanol–water partition coefficient (Wildman–Crippen LogP) is 2.52. The molecule has 0 aliphatic carbocycles. The van der Waals surface area contributed by atoms with E-state index in [1.807, 2.05) is 18.2 Å². The monoisotopic (exact) mass is 364 g/mol. The Hall–Kier alpha value is -1.69. The lowest BCUT2D eigenvalue weighted by molar-refractivity contribution is 0.0951. The van der Waals surface area contributed by atoms with Crippen LogP contribution in [0.1, 0.15) is 32.6 Å². The maximum absolute atomic E-state index is 12.3. The van der Waals surface area contributed by atoms with Gasteiger partial charge in [0.15, 0.2) is 0 Å². The molecule has 2 N–H and O–H groups in total. The molecule has 6 heteroatoms. The average molecular weight is 365 g/mol. The van der Waals surface area contributed by atoms with Gasteiger partial charge in [0.25, 0.3) is 5.91 Å². The SMILES string of the molecule is CS(=O)Cc1cccc(C(=O)NCc2ccc3c(c2)CNC3)c1.Cl. The molecule has 1 atom stereocenters. The van der Waals surface area contributed by atoms with Crippen molar-refractivity contribution in [1.29, 1.82) is 0 Å². The Labute approximate surface area is 150 Å². The highest BCUT2D eigenvalue weighted by Gasteiger charge is 2.11. The van der Waals surface area contributed by atoms with Gasteiger partial charge in [-0.25, -0.2) is 0 Å². The van der Waals surface area contributed by atoms with E-state index >= 15 is 0 Å². The van der Waals surface area contributed by atoms with Crippen molar-refractivity contribution in [2.24, 2.45) is 0 Å². The van der Waals surface area contributed by atoms with E-state index < -0.39 is 10.8 Å². The minimum absolute atomic E-state index is 0. The summed E-state index contributed by atoms with van der Waals surface area (Å²) in [5, 5.41) is 6.27. The summed E-state index contributed by atoms with van der Waals surface area (Å²) in [4.78, 5) is 12.3. The van der Waals surface area contributed by atoms with E-state index in [2.05, 4.69) is 28.8 Å². The molecule has 0 fully saturated rings. The van der Waals surface area contributed by atoms with Crippen LogP contribution in [0.5, 0.6) is 0 Å². The fraction of sp³-hybridized carbons (Fsp3) is 0.278. The minimum atomic E-state index is -0.909. The first kappa shape index (κ1) is 18.6. The van der Waals surface area contributed by atoms with Gasteiger partial charge in [-0.3, -0.25) is 9.00 Å². The molecule has 0 saturated carbocycles. The summed E-state index contributed by atoms with van der Waals surface area (Å²) in [5.41, 5.74) is 5.27. The second kappa shape index (κ2) is 8.42. The Bertz CT molecular complexity index is 764. The smallest absolute Gasteiger partial charge is 0.251 e. The summed E-state index contributed by atoms with van der Waals surface area (Å²) < 4.78 is 11.3. The number of carbonyl (C=O) groups is 1. The van der Waals surface area contributed by atoms with E-state index in [4.69, 9.17) is 0 Å². The van der Waals surface area contributed by atoms with Crippen molar-refractivity contribution in [3.63, 3.8) is 0 Å². The third-order valence-electron chi connectivity index (χ3n) is 3.91. The topological polar surface area (TPSA) is 58.2 Å². The third kappa shape index (κ3) is 4.66. The van der Waals surface area contributed by atoms with E-state index in [0.29, 0.717) is 17.9 Å². The first-order valence-electron chi connectivity index (χ1n) is 7.60. The Morgan fingerprint density at radius 3 is 2.71 bits per heavy atom. The lowest BCUT2D eigenvalue weighted by Crippen LogP contribution is -2.23. The van der Waals surface area contributed by atoms with Crippen LogP contribution in [0.2, 0.25) is 0 Å². The standard InChI is InChI=1S/C18H20N2O2S.ClH/c1-23(22)12-14-3-2-4-15(8-14)18(21)20-9-13-5-6-16-10-19-11-17(16)7-13;/h2-8,19H,9-12H2,1H3,(H,20,21);1H. The number of carbonyl (C=O) groups excluding carboxylic acids is 1. The van der Waals surface area contributed by atoms with Crippen molar-refractivity contribution in [2.45, 2.75) is 25.4 Å². The molecule has 2 aromatic carbocycles. The van der Waals surface area contributed by atoms with Crippen LogP contribution in [-0.2, 0) is 36.2 Å². The lowest BCUT2D eigenvalue weighted by Gasteiger charge is -2.08. The molecule has 0 saturated heterocycles. The van der Waals surface area contributed by atoms with Crippen LogP contribution >= 0.6 is 12.4 Å². The zero-order valence-electron chi connectivity index (χ0n) is 13.5. The number of hydrogen-bond acceptors (Lipinski definition) is 3. The van der Waals surface area contributed by atoms with Crippen LogP contribution in [0.25, 0.3) is 0 Å². The molecule has 1 aliphatic rings. The number of amides is 1. The number of fused-ring (bicyclic) bond motifs is 1. The highest BCUT2D eigenvalue weighted by molar-refractivity contribution is 7.83. The summed E-state index contributed by atoms with van der Waals surface area (Å²) >= 11 is 0. The summed E-state index contributed by atoms with van der Waals surface area (Å²) in [6.45, 7) is 2.33. The van der Waals surface area contributed by atoms with Crippen LogP contribution < -0.4 is 10.6 Å². The van der Waals surface area contributed by atoms with E-state index in [9.17, 15) is 9.00 Å². The number of rotatable bonds is 5. The van der Waals surface area contributed by atoms with Gasteiger partial charge in [0, 0.05) is 48.0 Å². The molecule has 1 aliphatic heterocycles. The Morgan fingerprint density at radius 2 is 1.92 bits per heavy atom. The number of hydrogen-bond donors (Lipinski definition) is 2. The fourth-order valence-electron chi connectivity index (χ4n) is 2.78. The van der Waals surface area contributed by atoms with Crippen LogP contribution in [0.15, 0.2) is 42.5 Å².